The molecule has 1 saturated heterocycles. The Kier molecular flexibility index (Phi) is 4.97. The van der Waals surface area contributed by atoms with Gasteiger partial charge in [0.2, 0.25) is 5.91 Å². The van der Waals surface area contributed by atoms with Gasteiger partial charge in [0.1, 0.15) is 0 Å². The number of amides is 1. The van der Waals surface area contributed by atoms with Gasteiger partial charge in [-0.05, 0) is 43.4 Å². The first kappa shape index (κ1) is 14.1. The molecule has 2 rings (SSSR count). The first-order valence-electron chi connectivity index (χ1n) is 7.21. The van der Waals surface area contributed by atoms with Crippen LogP contribution in [0, 0.1) is 13.8 Å². The molecule has 0 unspecified atom stereocenters. The number of piperazine rings is 1. The van der Waals surface area contributed by atoms with Crippen molar-refractivity contribution in [2.75, 3.05) is 26.2 Å². The molecule has 0 aliphatic carbocycles. The highest BCUT2D eigenvalue weighted by molar-refractivity contribution is 5.76. The van der Waals surface area contributed by atoms with Crippen molar-refractivity contribution in [2.24, 2.45) is 0 Å². The lowest BCUT2D eigenvalue weighted by Gasteiger charge is -2.27. The fourth-order valence-corrected chi connectivity index (χ4v) is 2.48. The fraction of sp³-hybridized carbons (Fsp3) is 0.562. The van der Waals surface area contributed by atoms with Crippen LogP contribution in [0.1, 0.15) is 29.5 Å². The zero-order valence-corrected chi connectivity index (χ0v) is 12.0. The summed E-state index contributed by atoms with van der Waals surface area (Å²) in [5.41, 5.74) is 4.02. The van der Waals surface area contributed by atoms with Crippen LogP contribution in [0.5, 0.6) is 0 Å². The van der Waals surface area contributed by atoms with Gasteiger partial charge in [0.15, 0.2) is 0 Å². The van der Waals surface area contributed by atoms with Crippen molar-refractivity contribution < 1.29 is 4.79 Å². The Balaban J connectivity index is 1.76. The molecule has 1 amide bonds. The normalized spacial score (nSPS) is 15.6. The summed E-state index contributed by atoms with van der Waals surface area (Å²) in [5, 5.41) is 3.27. The van der Waals surface area contributed by atoms with Crippen molar-refractivity contribution in [1.82, 2.24) is 10.2 Å². The van der Waals surface area contributed by atoms with E-state index < -0.39 is 0 Å². The standard InChI is InChI=1S/C16H24N2O/c1-13-6-7-15(12-14(13)2)4-3-5-16(19)18-10-8-17-9-11-18/h6-7,12,17H,3-5,8-11H2,1-2H3. The monoisotopic (exact) mass is 260 g/mol. The Morgan fingerprint density at radius 3 is 2.63 bits per heavy atom. The van der Waals surface area contributed by atoms with Crippen LogP contribution < -0.4 is 5.32 Å². The predicted molar refractivity (Wildman–Crippen MR) is 78.3 cm³/mol. The summed E-state index contributed by atoms with van der Waals surface area (Å²) >= 11 is 0. The number of nitrogens with one attached hydrogen (secondary N) is 1. The topological polar surface area (TPSA) is 32.3 Å². The molecule has 1 aliphatic heterocycles. The summed E-state index contributed by atoms with van der Waals surface area (Å²) in [6, 6.07) is 6.59. The van der Waals surface area contributed by atoms with E-state index in [1.165, 1.54) is 16.7 Å². The molecule has 1 N–H and O–H groups in total. The molecule has 1 aromatic carbocycles. The fourth-order valence-electron chi connectivity index (χ4n) is 2.48. The molecule has 0 spiro atoms. The second-order valence-electron chi connectivity index (χ2n) is 5.40. The molecule has 3 heteroatoms. The van der Waals surface area contributed by atoms with Gasteiger partial charge in [0, 0.05) is 32.6 Å². The number of carbonyl (C=O) groups is 1. The summed E-state index contributed by atoms with van der Waals surface area (Å²) in [6.07, 6.45) is 2.62. The molecule has 19 heavy (non-hydrogen) atoms. The maximum Gasteiger partial charge on any atom is 0.222 e. The summed E-state index contributed by atoms with van der Waals surface area (Å²) in [7, 11) is 0. The number of rotatable bonds is 4. The zero-order chi connectivity index (χ0) is 13.7. The average Bonchev–Trinajstić information content (AvgIpc) is 2.43. The van der Waals surface area contributed by atoms with Crippen molar-refractivity contribution in [3.05, 3.63) is 34.9 Å². The lowest BCUT2D eigenvalue weighted by Crippen LogP contribution is -2.46. The Hall–Kier alpha value is -1.35. The molecule has 1 aliphatic rings. The van der Waals surface area contributed by atoms with Gasteiger partial charge in [0.05, 0.1) is 0 Å². The molecule has 0 atom stereocenters. The number of hydrogen-bond donors (Lipinski definition) is 1. The number of benzene rings is 1. The maximum atomic E-state index is 12.0. The van der Waals surface area contributed by atoms with E-state index >= 15 is 0 Å². The van der Waals surface area contributed by atoms with Crippen LogP contribution in [0.15, 0.2) is 18.2 Å². The highest BCUT2D eigenvalue weighted by atomic mass is 16.2. The Morgan fingerprint density at radius 2 is 1.95 bits per heavy atom. The number of aryl methyl sites for hydroxylation is 3. The molecule has 104 valence electrons. The van der Waals surface area contributed by atoms with Crippen LogP contribution in [0.4, 0.5) is 0 Å². The quantitative estimate of drug-likeness (QED) is 0.898. The summed E-state index contributed by atoms with van der Waals surface area (Å²) in [4.78, 5) is 14.0. The van der Waals surface area contributed by atoms with Crippen LogP contribution >= 0.6 is 0 Å². The van der Waals surface area contributed by atoms with Crippen LogP contribution in [-0.4, -0.2) is 37.0 Å². The summed E-state index contributed by atoms with van der Waals surface area (Å²) in [5.74, 6) is 0.310. The third-order valence-electron chi connectivity index (χ3n) is 3.90. The van der Waals surface area contributed by atoms with Crippen molar-refractivity contribution >= 4 is 5.91 Å². The lowest BCUT2D eigenvalue weighted by atomic mass is 10.0. The van der Waals surface area contributed by atoms with Gasteiger partial charge < -0.3 is 10.2 Å². The van der Waals surface area contributed by atoms with E-state index in [2.05, 4.69) is 37.4 Å². The average molecular weight is 260 g/mol. The van der Waals surface area contributed by atoms with E-state index in [4.69, 9.17) is 0 Å². The molecule has 0 bridgehead atoms. The highest BCUT2D eigenvalue weighted by Crippen LogP contribution is 2.12. The van der Waals surface area contributed by atoms with Crippen molar-refractivity contribution in [3.63, 3.8) is 0 Å². The minimum absolute atomic E-state index is 0.310. The lowest BCUT2D eigenvalue weighted by molar-refractivity contribution is -0.131. The Morgan fingerprint density at radius 1 is 1.21 bits per heavy atom. The maximum absolute atomic E-state index is 12.0. The zero-order valence-electron chi connectivity index (χ0n) is 12.0. The molecule has 0 saturated carbocycles. The van der Waals surface area contributed by atoms with Gasteiger partial charge in [0.25, 0.3) is 0 Å². The first-order chi connectivity index (χ1) is 9.16. The molecule has 0 radical (unpaired) electrons. The number of nitrogens with zero attached hydrogens (tertiary/aromatic N) is 1. The molecular weight excluding hydrogens is 236 g/mol. The van der Waals surface area contributed by atoms with Crippen LogP contribution in [0.25, 0.3) is 0 Å². The van der Waals surface area contributed by atoms with E-state index in [0.29, 0.717) is 12.3 Å². The minimum Gasteiger partial charge on any atom is -0.340 e. The summed E-state index contributed by atoms with van der Waals surface area (Å²) < 4.78 is 0. The van der Waals surface area contributed by atoms with E-state index in [-0.39, 0.29) is 0 Å². The molecular formula is C16H24N2O. The predicted octanol–water partition coefficient (Wildman–Crippen LogP) is 2.06. The SMILES string of the molecule is Cc1ccc(CCCC(=O)N2CCNCC2)cc1C. The highest BCUT2D eigenvalue weighted by Gasteiger charge is 2.15. The molecule has 1 aromatic rings. The van der Waals surface area contributed by atoms with Gasteiger partial charge in [-0.15, -0.1) is 0 Å². The Bertz CT molecular complexity index is 436. The van der Waals surface area contributed by atoms with Gasteiger partial charge in [-0.2, -0.15) is 0 Å². The van der Waals surface area contributed by atoms with Gasteiger partial charge in [-0.1, -0.05) is 18.2 Å². The van der Waals surface area contributed by atoms with E-state index in [1.807, 2.05) is 4.90 Å². The summed E-state index contributed by atoms with van der Waals surface area (Å²) in [6.45, 7) is 7.87. The Labute approximate surface area is 116 Å². The van der Waals surface area contributed by atoms with Crippen molar-refractivity contribution in [2.45, 2.75) is 33.1 Å². The third-order valence-corrected chi connectivity index (χ3v) is 3.90. The second-order valence-corrected chi connectivity index (χ2v) is 5.40. The van der Waals surface area contributed by atoms with E-state index in [1.54, 1.807) is 0 Å². The smallest absolute Gasteiger partial charge is 0.222 e. The van der Waals surface area contributed by atoms with Gasteiger partial charge >= 0.3 is 0 Å². The van der Waals surface area contributed by atoms with E-state index in [0.717, 1.165) is 39.0 Å². The molecule has 3 nitrogen and oxygen atoms in total. The van der Waals surface area contributed by atoms with Crippen molar-refractivity contribution in [1.29, 1.82) is 0 Å². The largest absolute Gasteiger partial charge is 0.340 e. The third kappa shape index (κ3) is 4.06. The minimum atomic E-state index is 0.310. The van der Waals surface area contributed by atoms with E-state index in [9.17, 15) is 4.79 Å². The number of hydrogen-bond acceptors (Lipinski definition) is 2. The molecule has 1 fully saturated rings. The van der Waals surface area contributed by atoms with Crippen LogP contribution in [-0.2, 0) is 11.2 Å². The van der Waals surface area contributed by atoms with Gasteiger partial charge in [-0.25, -0.2) is 0 Å². The first-order valence-corrected chi connectivity index (χ1v) is 7.21. The molecule has 1 heterocycles. The molecule has 0 aromatic heterocycles. The number of carbonyl (C=O) groups excluding carboxylic acids is 1. The van der Waals surface area contributed by atoms with Crippen LogP contribution in [0.3, 0.4) is 0 Å². The van der Waals surface area contributed by atoms with Gasteiger partial charge in [-0.3, -0.25) is 4.79 Å². The van der Waals surface area contributed by atoms with Crippen molar-refractivity contribution in [3.8, 4) is 0 Å². The van der Waals surface area contributed by atoms with Crippen LogP contribution in [0.2, 0.25) is 0 Å². The second kappa shape index (κ2) is 6.71.